The number of hydrogen-bond acceptors (Lipinski definition) is 4. The van der Waals surface area contributed by atoms with Crippen LogP contribution in [0, 0.1) is 0 Å². The largest absolute Gasteiger partial charge is 0.534 e. The molecular formula is C7H9F3NO3PS. The second kappa shape index (κ2) is 4.63. The van der Waals surface area contributed by atoms with Crippen molar-refractivity contribution in [3.05, 3.63) is 24.1 Å². The van der Waals surface area contributed by atoms with Gasteiger partial charge >= 0.3 is 15.6 Å². The number of nitrogens with zero attached hydrogens (tertiary/aromatic N) is 1. The molecule has 1 unspecified atom stereocenters. The van der Waals surface area contributed by atoms with Crippen molar-refractivity contribution in [2.45, 2.75) is 11.9 Å². The number of allylic oxidation sites excluding steroid dienone is 2. The molecule has 92 valence electrons. The zero-order valence-electron chi connectivity index (χ0n) is 7.94. The summed E-state index contributed by atoms with van der Waals surface area (Å²) in [5, 5.41) is 0. The molecule has 1 atom stereocenters. The van der Waals surface area contributed by atoms with E-state index in [-0.39, 0.29) is 12.2 Å². The van der Waals surface area contributed by atoms with Crippen LogP contribution in [0.5, 0.6) is 0 Å². The summed E-state index contributed by atoms with van der Waals surface area (Å²) in [5.41, 5.74) is -5.40. The molecule has 1 aliphatic heterocycles. The summed E-state index contributed by atoms with van der Waals surface area (Å²) in [6, 6.07) is 0. The summed E-state index contributed by atoms with van der Waals surface area (Å²) >= 11 is 0. The van der Waals surface area contributed by atoms with Crippen molar-refractivity contribution in [1.82, 2.24) is 4.67 Å². The Morgan fingerprint density at radius 1 is 1.44 bits per heavy atom. The molecule has 1 rings (SSSR count). The SMILES string of the molecule is O=S(=O)(OC1=CC=CN(P)CC1)C(F)(F)F. The fourth-order valence-electron chi connectivity index (χ4n) is 0.916. The quantitative estimate of drug-likeness (QED) is 0.437. The molecular weight excluding hydrogens is 266 g/mol. The van der Waals surface area contributed by atoms with Gasteiger partial charge in [0.25, 0.3) is 0 Å². The van der Waals surface area contributed by atoms with Crippen molar-refractivity contribution < 1.29 is 25.8 Å². The van der Waals surface area contributed by atoms with E-state index in [0.717, 1.165) is 0 Å². The Hall–Kier alpha value is -0.750. The van der Waals surface area contributed by atoms with E-state index in [1.807, 2.05) is 0 Å². The molecule has 0 amide bonds. The molecule has 0 spiro atoms. The van der Waals surface area contributed by atoms with Crippen molar-refractivity contribution in [3.8, 4) is 0 Å². The highest BCUT2D eigenvalue weighted by molar-refractivity contribution is 7.87. The molecule has 0 aromatic heterocycles. The summed E-state index contributed by atoms with van der Waals surface area (Å²) in [7, 11) is -3.24. The Morgan fingerprint density at radius 2 is 2.06 bits per heavy atom. The maximum absolute atomic E-state index is 12.0. The van der Waals surface area contributed by atoms with Crippen LogP contribution < -0.4 is 0 Å². The number of halogens is 3. The van der Waals surface area contributed by atoms with Gasteiger partial charge in [-0.2, -0.15) is 21.6 Å². The average molecular weight is 275 g/mol. The van der Waals surface area contributed by atoms with Crippen LogP contribution in [0.1, 0.15) is 6.42 Å². The standard InChI is InChI=1S/C7H9F3NO3PS/c8-7(9,10)16(12,13)14-6-2-1-4-11(15)5-3-6/h1-2,4H,3,5,15H2. The minimum atomic E-state index is -5.56. The Morgan fingerprint density at radius 3 is 2.62 bits per heavy atom. The minimum absolute atomic E-state index is 0.0752. The average Bonchev–Trinajstić information content (AvgIpc) is 2.28. The van der Waals surface area contributed by atoms with Crippen LogP contribution in [0.2, 0.25) is 0 Å². The molecule has 16 heavy (non-hydrogen) atoms. The van der Waals surface area contributed by atoms with E-state index in [9.17, 15) is 21.6 Å². The Balaban J connectivity index is 2.77. The van der Waals surface area contributed by atoms with Gasteiger partial charge in [-0.15, -0.1) is 0 Å². The predicted octanol–water partition coefficient (Wildman–Crippen LogP) is 1.75. The van der Waals surface area contributed by atoms with Crippen LogP contribution in [0.4, 0.5) is 13.2 Å². The monoisotopic (exact) mass is 275 g/mol. The molecule has 1 aliphatic rings. The van der Waals surface area contributed by atoms with E-state index in [1.54, 1.807) is 10.9 Å². The van der Waals surface area contributed by atoms with Crippen LogP contribution >= 0.6 is 9.39 Å². The van der Waals surface area contributed by atoms with Crippen molar-refractivity contribution in [2.75, 3.05) is 6.54 Å². The second-order valence-electron chi connectivity index (χ2n) is 2.95. The van der Waals surface area contributed by atoms with Gasteiger partial charge in [0.15, 0.2) is 0 Å². The molecule has 0 aromatic rings. The molecule has 1 heterocycles. The first kappa shape index (κ1) is 13.3. The van der Waals surface area contributed by atoms with Gasteiger partial charge < -0.3 is 8.85 Å². The van der Waals surface area contributed by atoms with Crippen LogP contribution in [-0.2, 0) is 14.3 Å². The molecule has 0 radical (unpaired) electrons. The Bertz CT molecular complexity index is 415. The molecule has 0 bridgehead atoms. The second-order valence-corrected chi connectivity index (χ2v) is 5.15. The minimum Gasteiger partial charge on any atom is -0.381 e. The smallest absolute Gasteiger partial charge is 0.381 e. The summed E-state index contributed by atoms with van der Waals surface area (Å²) in [4.78, 5) is 0. The van der Waals surface area contributed by atoms with Crippen LogP contribution in [-0.4, -0.2) is 25.1 Å². The van der Waals surface area contributed by atoms with E-state index < -0.39 is 15.6 Å². The zero-order valence-corrected chi connectivity index (χ0v) is 9.91. The lowest BCUT2D eigenvalue weighted by Gasteiger charge is -2.13. The Labute approximate surface area is 93.1 Å². The lowest BCUT2D eigenvalue weighted by molar-refractivity contribution is -0.0523. The highest BCUT2D eigenvalue weighted by Crippen LogP contribution is 2.28. The summed E-state index contributed by atoms with van der Waals surface area (Å²) in [5.74, 6) is -0.237. The van der Waals surface area contributed by atoms with Crippen molar-refractivity contribution in [2.24, 2.45) is 0 Å². The zero-order chi connectivity index (χ0) is 12.4. The fraction of sp³-hybridized carbons (Fsp3) is 0.429. The third kappa shape index (κ3) is 3.38. The van der Waals surface area contributed by atoms with Crippen LogP contribution in [0.25, 0.3) is 0 Å². The maximum Gasteiger partial charge on any atom is 0.534 e. The predicted molar refractivity (Wildman–Crippen MR) is 54.3 cm³/mol. The highest BCUT2D eigenvalue weighted by atomic mass is 32.2. The highest BCUT2D eigenvalue weighted by Gasteiger charge is 2.48. The Kier molecular flexibility index (Phi) is 3.85. The van der Waals surface area contributed by atoms with Crippen LogP contribution in [0.15, 0.2) is 24.1 Å². The van der Waals surface area contributed by atoms with E-state index in [0.29, 0.717) is 6.54 Å². The number of rotatable bonds is 2. The van der Waals surface area contributed by atoms with Crippen LogP contribution in [0.3, 0.4) is 0 Å². The van der Waals surface area contributed by atoms with E-state index >= 15 is 0 Å². The summed E-state index contributed by atoms with van der Waals surface area (Å²) in [6.45, 7) is 0.348. The van der Waals surface area contributed by atoms with Gasteiger partial charge in [-0.05, 0) is 21.5 Å². The normalized spacial score (nSPS) is 18.0. The summed E-state index contributed by atoms with van der Waals surface area (Å²) < 4.78 is 63.0. The third-order valence-electron chi connectivity index (χ3n) is 1.68. The topological polar surface area (TPSA) is 46.6 Å². The third-order valence-corrected chi connectivity index (χ3v) is 3.11. The first-order valence-corrected chi connectivity index (χ1v) is 6.04. The van der Waals surface area contributed by atoms with Gasteiger partial charge in [0.05, 0.1) is 0 Å². The molecule has 4 nitrogen and oxygen atoms in total. The lowest BCUT2D eigenvalue weighted by atomic mass is 10.3. The first-order chi connectivity index (χ1) is 7.22. The fourth-order valence-corrected chi connectivity index (χ4v) is 1.66. The van der Waals surface area contributed by atoms with Crippen molar-refractivity contribution in [3.63, 3.8) is 0 Å². The van der Waals surface area contributed by atoms with Gasteiger partial charge in [0, 0.05) is 19.2 Å². The van der Waals surface area contributed by atoms with Gasteiger partial charge in [-0.25, -0.2) is 0 Å². The van der Waals surface area contributed by atoms with E-state index in [4.69, 9.17) is 0 Å². The number of hydrogen-bond donors (Lipinski definition) is 0. The molecule has 0 saturated carbocycles. The molecule has 9 heteroatoms. The van der Waals surface area contributed by atoms with Gasteiger partial charge in [-0.1, -0.05) is 0 Å². The molecule has 0 fully saturated rings. The van der Waals surface area contributed by atoms with E-state index in [1.165, 1.54) is 12.2 Å². The number of alkyl halides is 3. The maximum atomic E-state index is 12.0. The van der Waals surface area contributed by atoms with Gasteiger partial charge in [0.2, 0.25) is 0 Å². The molecule has 0 aliphatic carbocycles. The molecule has 0 N–H and O–H groups in total. The van der Waals surface area contributed by atoms with Crippen molar-refractivity contribution >= 4 is 19.5 Å². The molecule has 0 aromatic carbocycles. The van der Waals surface area contributed by atoms with E-state index in [2.05, 4.69) is 13.6 Å². The molecule has 0 saturated heterocycles. The lowest BCUT2D eigenvalue weighted by Crippen LogP contribution is -2.25. The van der Waals surface area contributed by atoms with Gasteiger partial charge in [0.1, 0.15) is 5.76 Å². The van der Waals surface area contributed by atoms with Gasteiger partial charge in [-0.3, -0.25) is 0 Å². The van der Waals surface area contributed by atoms with Crippen molar-refractivity contribution in [1.29, 1.82) is 0 Å². The summed E-state index contributed by atoms with van der Waals surface area (Å²) in [6.07, 6.45) is 4.24. The first-order valence-electron chi connectivity index (χ1n) is 4.12.